The van der Waals surface area contributed by atoms with Crippen LogP contribution in [-0.4, -0.2) is 11.1 Å². The first kappa shape index (κ1) is 30.6. The molecule has 0 aromatic rings. The van der Waals surface area contributed by atoms with E-state index in [1.54, 1.807) is 0 Å². The van der Waals surface area contributed by atoms with Crippen LogP contribution in [0.5, 0.6) is 0 Å². The highest BCUT2D eigenvalue weighted by molar-refractivity contribution is 5.87. The number of carbonyl (C=O) groups is 1. The summed E-state index contributed by atoms with van der Waals surface area (Å²) in [6.45, 7) is 2.29. The van der Waals surface area contributed by atoms with Crippen LogP contribution in [0.15, 0.2) is 0 Å². The molecule has 1 N–H and O–H groups in total. The average Bonchev–Trinajstić information content (AvgIpc) is 2.78. The van der Waals surface area contributed by atoms with Crippen molar-refractivity contribution >= 4 is 5.97 Å². The van der Waals surface area contributed by atoms with Crippen molar-refractivity contribution in [1.29, 1.82) is 0 Å². The average molecular weight is 445 g/mol. The zero-order valence-electron chi connectivity index (χ0n) is 21.3. The molecule has 184 valence electrons. The van der Waals surface area contributed by atoms with E-state index in [1.807, 2.05) is 5.92 Å². The molecule has 0 bridgehead atoms. The molecular weight excluding hydrogens is 392 g/mol. The van der Waals surface area contributed by atoms with E-state index in [9.17, 15) is 4.79 Å². The normalized spacial score (nSPS) is 10.3. The van der Waals surface area contributed by atoms with E-state index in [0.717, 1.165) is 12.8 Å². The zero-order chi connectivity index (χ0) is 23.4. The first-order chi connectivity index (χ1) is 15.8. The third-order valence-electron chi connectivity index (χ3n) is 6.23. The van der Waals surface area contributed by atoms with Gasteiger partial charge in [0.25, 0.3) is 0 Å². The third kappa shape index (κ3) is 28.6. The summed E-state index contributed by atoms with van der Waals surface area (Å²) in [4.78, 5) is 10.2. The smallest absolute Gasteiger partial charge is 0.382 e. The van der Waals surface area contributed by atoms with Gasteiger partial charge in [0.05, 0.1) is 0 Å². The molecule has 0 spiro atoms. The van der Waals surface area contributed by atoms with Crippen molar-refractivity contribution in [3.05, 3.63) is 0 Å². The highest BCUT2D eigenvalue weighted by Gasteiger charge is 1.95. The van der Waals surface area contributed by atoms with Gasteiger partial charge >= 0.3 is 5.97 Å². The van der Waals surface area contributed by atoms with Crippen LogP contribution in [0, 0.1) is 23.7 Å². The Morgan fingerprint density at radius 3 is 1.12 bits per heavy atom. The number of unbranched alkanes of at least 4 members (excludes halogenated alkanes) is 23. The number of carboxylic acids is 1. The Morgan fingerprint density at radius 1 is 0.500 bits per heavy atom. The fourth-order valence-electron chi connectivity index (χ4n) is 4.19. The standard InChI is InChI=1S/C30H52O2/c1-2-3-4-5-6-7-8-9-10-11-12-13-14-15-16-17-18-19-20-21-22-23-24-25-26-27-28-29-30(31)32/h2-25H2,1H3,(H,31,32). The van der Waals surface area contributed by atoms with Gasteiger partial charge in [-0.1, -0.05) is 154 Å². The van der Waals surface area contributed by atoms with Gasteiger partial charge in [-0.3, -0.25) is 0 Å². The maximum absolute atomic E-state index is 10.2. The van der Waals surface area contributed by atoms with Crippen molar-refractivity contribution in [1.82, 2.24) is 0 Å². The SMILES string of the molecule is CCCCCCCCCCCCCCCCCCCCCCCCCC#CC#CC(=O)O. The highest BCUT2D eigenvalue weighted by atomic mass is 16.4. The lowest BCUT2D eigenvalue weighted by molar-refractivity contribution is -0.130. The second kappa shape index (κ2) is 27.6. The van der Waals surface area contributed by atoms with Crippen LogP contribution < -0.4 is 0 Å². The van der Waals surface area contributed by atoms with Crippen LogP contribution in [0.25, 0.3) is 0 Å². The van der Waals surface area contributed by atoms with Gasteiger partial charge in [-0.25, -0.2) is 4.79 Å². The van der Waals surface area contributed by atoms with E-state index in [4.69, 9.17) is 5.11 Å². The van der Waals surface area contributed by atoms with Gasteiger partial charge in [0.1, 0.15) is 0 Å². The van der Waals surface area contributed by atoms with Gasteiger partial charge in [-0.2, -0.15) is 0 Å². The van der Waals surface area contributed by atoms with Crippen molar-refractivity contribution in [2.24, 2.45) is 0 Å². The molecule has 0 aliphatic rings. The van der Waals surface area contributed by atoms with Crippen LogP contribution in [0.4, 0.5) is 0 Å². The molecule has 0 aromatic heterocycles. The lowest BCUT2D eigenvalue weighted by atomic mass is 10.0. The molecule has 0 radical (unpaired) electrons. The monoisotopic (exact) mass is 444 g/mol. The Hall–Kier alpha value is -1.41. The molecule has 2 heteroatoms. The molecule has 0 aliphatic carbocycles. The maximum Gasteiger partial charge on any atom is 0.382 e. The Balaban J connectivity index is 3.09. The van der Waals surface area contributed by atoms with Crippen LogP contribution in [0.2, 0.25) is 0 Å². The van der Waals surface area contributed by atoms with Crippen molar-refractivity contribution in [3.8, 4) is 23.7 Å². The second-order valence-electron chi connectivity index (χ2n) is 9.39. The summed E-state index contributed by atoms with van der Waals surface area (Å²) in [6.07, 6.45) is 33.1. The molecule has 0 atom stereocenters. The van der Waals surface area contributed by atoms with Crippen molar-refractivity contribution in [3.63, 3.8) is 0 Å². The summed E-state index contributed by atoms with van der Waals surface area (Å²) in [5.41, 5.74) is 0. The van der Waals surface area contributed by atoms with Crippen molar-refractivity contribution < 1.29 is 9.90 Å². The summed E-state index contributed by atoms with van der Waals surface area (Å²) in [6, 6.07) is 0. The largest absolute Gasteiger partial charge is 0.472 e. The number of aliphatic carboxylic acids is 1. The maximum atomic E-state index is 10.2. The van der Waals surface area contributed by atoms with Crippen LogP contribution in [0.3, 0.4) is 0 Å². The fourth-order valence-corrected chi connectivity index (χ4v) is 4.19. The van der Waals surface area contributed by atoms with Crippen LogP contribution >= 0.6 is 0 Å². The highest BCUT2D eigenvalue weighted by Crippen LogP contribution is 2.15. The Bertz CT molecular complexity index is 514. The summed E-state index contributed by atoms with van der Waals surface area (Å²) in [5, 5.41) is 8.36. The topological polar surface area (TPSA) is 37.3 Å². The number of hydrogen-bond donors (Lipinski definition) is 1. The number of carboxylic acid groups (broad SMARTS) is 1. The van der Waals surface area contributed by atoms with E-state index in [0.29, 0.717) is 0 Å². The van der Waals surface area contributed by atoms with E-state index in [-0.39, 0.29) is 0 Å². The number of rotatable bonds is 23. The first-order valence-corrected chi connectivity index (χ1v) is 14.0. The lowest BCUT2D eigenvalue weighted by Gasteiger charge is -2.04. The van der Waals surface area contributed by atoms with Crippen molar-refractivity contribution in [2.45, 2.75) is 161 Å². The number of hydrogen-bond acceptors (Lipinski definition) is 1. The molecule has 0 saturated carbocycles. The molecule has 0 fully saturated rings. The Kier molecular flexibility index (Phi) is 26.4. The molecule has 0 unspecified atom stereocenters. The minimum atomic E-state index is -1.11. The van der Waals surface area contributed by atoms with Crippen molar-refractivity contribution in [2.75, 3.05) is 0 Å². The van der Waals surface area contributed by atoms with E-state index >= 15 is 0 Å². The second-order valence-corrected chi connectivity index (χ2v) is 9.39. The van der Waals surface area contributed by atoms with Gasteiger partial charge in [0, 0.05) is 12.3 Å². The fraction of sp³-hybridized carbons (Fsp3) is 0.833. The van der Waals surface area contributed by atoms with E-state index < -0.39 is 5.97 Å². The Morgan fingerprint density at radius 2 is 0.812 bits per heavy atom. The molecule has 32 heavy (non-hydrogen) atoms. The van der Waals surface area contributed by atoms with Gasteiger partial charge in [0.2, 0.25) is 0 Å². The molecule has 0 saturated heterocycles. The predicted octanol–water partition coefficient (Wildman–Crippen LogP) is 9.46. The minimum Gasteiger partial charge on any atom is -0.472 e. The van der Waals surface area contributed by atoms with Crippen LogP contribution in [0.1, 0.15) is 161 Å². The summed E-state index contributed by atoms with van der Waals surface area (Å²) >= 11 is 0. The molecule has 0 amide bonds. The first-order valence-electron chi connectivity index (χ1n) is 14.0. The van der Waals surface area contributed by atoms with Crippen LogP contribution in [-0.2, 0) is 4.79 Å². The zero-order valence-corrected chi connectivity index (χ0v) is 21.3. The lowest BCUT2D eigenvalue weighted by Crippen LogP contribution is -1.85. The molecular formula is C30H52O2. The van der Waals surface area contributed by atoms with Gasteiger partial charge in [0.15, 0.2) is 0 Å². The quantitative estimate of drug-likeness (QED) is 0.126. The predicted molar refractivity (Wildman–Crippen MR) is 140 cm³/mol. The summed E-state index contributed by atoms with van der Waals surface area (Å²) in [5.74, 6) is 8.74. The molecule has 0 aliphatic heterocycles. The summed E-state index contributed by atoms with van der Waals surface area (Å²) < 4.78 is 0. The van der Waals surface area contributed by atoms with Gasteiger partial charge < -0.3 is 5.11 Å². The summed E-state index contributed by atoms with van der Waals surface area (Å²) in [7, 11) is 0. The third-order valence-corrected chi connectivity index (χ3v) is 6.23. The molecule has 2 nitrogen and oxygen atoms in total. The molecule has 0 aromatic carbocycles. The van der Waals surface area contributed by atoms with E-state index in [1.165, 1.54) is 141 Å². The van der Waals surface area contributed by atoms with Gasteiger partial charge in [-0.05, 0) is 18.3 Å². The van der Waals surface area contributed by atoms with Gasteiger partial charge in [-0.15, -0.1) is 0 Å². The Labute approximate surface area is 200 Å². The minimum absolute atomic E-state index is 0.827. The molecule has 0 heterocycles. The molecule has 0 rings (SSSR count). The van der Waals surface area contributed by atoms with E-state index in [2.05, 4.69) is 24.7 Å².